The highest BCUT2D eigenvalue weighted by molar-refractivity contribution is 9.10. The molecule has 5 nitrogen and oxygen atoms in total. The predicted molar refractivity (Wildman–Crippen MR) is 106 cm³/mol. The Labute approximate surface area is 163 Å². The second kappa shape index (κ2) is 8.63. The van der Waals surface area contributed by atoms with Crippen molar-refractivity contribution < 1.29 is 13.2 Å². The van der Waals surface area contributed by atoms with Crippen molar-refractivity contribution in [3.05, 3.63) is 64.1 Å². The summed E-state index contributed by atoms with van der Waals surface area (Å²) in [5, 5.41) is 0. The second-order valence-electron chi connectivity index (χ2n) is 6.41. The van der Waals surface area contributed by atoms with Gasteiger partial charge in [0.15, 0.2) is 0 Å². The lowest BCUT2D eigenvalue weighted by Gasteiger charge is -2.31. The van der Waals surface area contributed by atoms with Gasteiger partial charge in [-0.25, -0.2) is 13.1 Å². The van der Waals surface area contributed by atoms with E-state index in [1.807, 2.05) is 36.4 Å². The maximum atomic E-state index is 13.1. The molecule has 0 unspecified atom stereocenters. The van der Waals surface area contributed by atoms with Crippen LogP contribution in [0.4, 0.5) is 0 Å². The van der Waals surface area contributed by atoms with Gasteiger partial charge in [-0.3, -0.25) is 4.90 Å². The molecule has 1 saturated heterocycles. The lowest BCUT2D eigenvalue weighted by molar-refractivity contribution is 0.0345. The minimum absolute atomic E-state index is 0.301. The highest BCUT2D eigenvalue weighted by Gasteiger charge is 2.25. The van der Waals surface area contributed by atoms with Crippen LogP contribution < -0.4 is 4.72 Å². The molecule has 2 aromatic rings. The van der Waals surface area contributed by atoms with E-state index < -0.39 is 10.0 Å². The van der Waals surface area contributed by atoms with Gasteiger partial charge < -0.3 is 4.74 Å². The molecule has 0 aliphatic carbocycles. The average molecular weight is 439 g/mol. The molecule has 0 saturated carbocycles. The molecule has 1 atom stereocenters. The third-order valence-electron chi connectivity index (χ3n) is 4.48. The summed E-state index contributed by atoms with van der Waals surface area (Å²) in [4.78, 5) is 2.53. The Morgan fingerprint density at radius 2 is 1.85 bits per heavy atom. The number of halogens is 1. The van der Waals surface area contributed by atoms with Crippen molar-refractivity contribution in [3.8, 4) is 0 Å². The first-order valence-electron chi connectivity index (χ1n) is 8.59. The quantitative estimate of drug-likeness (QED) is 0.752. The van der Waals surface area contributed by atoms with Crippen LogP contribution >= 0.6 is 15.9 Å². The molecule has 26 heavy (non-hydrogen) atoms. The molecule has 3 rings (SSSR count). The number of hydrogen-bond acceptors (Lipinski definition) is 4. The first-order valence-corrected chi connectivity index (χ1v) is 10.9. The molecule has 1 heterocycles. The number of sulfonamides is 1. The van der Waals surface area contributed by atoms with Crippen LogP contribution in [0.5, 0.6) is 0 Å². The van der Waals surface area contributed by atoms with Crippen LogP contribution in [-0.4, -0.2) is 46.2 Å². The smallest absolute Gasteiger partial charge is 0.241 e. The number of aryl methyl sites for hydroxylation is 1. The molecule has 0 bridgehead atoms. The highest BCUT2D eigenvalue weighted by atomic mass is 79.9. The highest BCUT2D eigenvalue weighted by Crippen LogP contribution is 2.24. The summed E-state index contributed by atoms with van der Waals surface area (Å²) in [6.07, 6.45) is 0. The lowest BCUT2D eigenvalue weighted by Crippen LogP contribution is -2.43. The summed E-state index contributed by atoms with van der Waals surface area (Å²) in [7, 11) is -3.65. The fraction of sp³-hybridized carbons (Fsp3) is 0.368. The Morgan fingerprint density at radius 1 is 1.15 bits per heavy atom. The number of ether oxygens (including phenoxy) is 1. The van der Waals surface area contributed by atoms with Gasteiger partial charge in [-0.2, -0.15) is 0 Å². The van der Waals surface area contributed by atoms with Crippen molar-refractivity contribution >= 4 is 26.0 Å². The molecule has 1 fully saturated rings. The van der Waals surface area contributed by atoms with Crippen LogP contribution in [-0.2, 0) is 14.8 Å². The Bertz CT molecular complexity index is 837. The first kappa shape index (κ1) is 19.5. The molecule has 0 radical (unpaired) electrons. The van der Waals surface area contributed by atoms with Crippen LogP contribution in [0.25, 0.3) is 0 Å². The zero-order chi connectivity index (χ0) is 18.6. The van der Waals surface area contributed by atoms with Gasteiger partial charge in [0.05, 0.1) is 24.2 Å². The molecule has 7 heteroatoms. The monoisotopic (exact) mass is 438 g/mol. The zero-order valence-electron chi connectivity index (χ0n) is 14.7. The largest absolute Gasteiger partial charge is 0.379 e. The van der Waals surface area contributed by atoms with Gasteiger partial charge in [0.25, 0.3) is 0 Å². The molecule has 1 aliphatic heterocycles. The van der Waals surface area contributed by atoms with E-state index >= 15 is 0 Å². The molecule has 1 aliphatic rings. The van der Waals surface area contributed by atoms with Gasteiger partial charge >= 0.3 is 0 Å². The van der Waals surface area contributed by atoms with Crippen molar-refractivity contribution in [3.63, 3.8) is 0 Å². The number of rotatable bonds is 6. The van der Waals surface area contributed by atoms with E-state index in [2.05, 4.69) is 25.6 Å². The lowest BCUT2D eigenvalue weighted by atomic mass is 10.1. The fourth-order valence-corrected chi connectivity index (χ4v) is 5.05. The third kappa shape index (κ3) is 4.92. The molecular formula is C19H23BrN2O3S. The van der Waals surface area contributed by atoms with Crippen molar-refractivity contribution in [2.24, 2.45) is 0 Å². The van der Waals surface area contributed by atoms with Gasteiger partial charge in [-0.05, 0) is 30.2 Å². The number of morpholine rings is 1. The van der Waals surface area contributed by atoms with Crippen LogP contribution in [0.15, 0.2) is 57.9 Å². The first-order chi connectivity index (χ1) is 12.5. The van der Waals surface area contributed by atoms with Gasteiger partial charge in [0, 0.05) is 24.1 Å². The van der Waals surface area contributed by atoms with Gasteiger partial charge in [0.2, 0.25) is 10.0 Å². The number of benzene rings is 2. The van der Waals surface area contributed by atoms with Crippen LogP contribution in [0.3, 0.4) is 0 Å². The average Bonchev–Trinajstić information content (AvgIpc) is 2.64. The van der Waals surface area contributed by atoms with Gasteiger partial charge in [-0.15, -0.1) is 0 Å². The van der Waals surface area contributed by atoms with Crippen molar-refractivity contribution in [2.75, 3.05) is 32.8 Å². The zero-order valence-corrected chi connectivity index (χ0v) is 17.1. The normalized spacial score (nSPS) is 17.2. The van der Waals surface area contributed by atoms with Crippen LogP contribution in [0.2, 0.25) is 0 Å². The molecule has 0 spiro atoms. The number of nitrogens with zero attached hydrogens (tertiary/aromatic N) is 1. The van der Waals surface area contributed by atoms with Crippen LogP contribution in [0, 0.1) is 6.92 Å². The Balaban J connectivity index is 1.87. The number of hydrogen-bond donors (Lipinski definition) is 1. The topological polar surface area (TPSA) is 58.6 Å². The van der Waals surface area contributed by atoms with Crippen molar-refractivity contribution in [2.45, 2.75) is 17.9 Å². The minimum atomic E-state index is -3.65. The summed E-state index contributed by atoms with van der Waals surface area (Å²) in [5.74, 6) is 0. The summed E-state index contributed by atoms with van der Waals surface area (Å²) >= 11 is 3.37. The maximum Gasteiger partial charge on any atom is 0.241 e. The molecule has 140 valence electrons. The molecule has 2 aromatic carbocycles. The number of nitrogens with one attached hydrogen (secondary N) is 1. The Kier molecular flexibility index (Phi) is 6.47. The molecule has 0 amide bonds. The molecule has 0 aromatic heterocycles. The van der Waals surface area contributed by atoms with E-state index in [-0.39, 0.29) is 6.04 Å². The van der Waals surface area contributed by atoms with E-state index in [1.165, 1.54) is 0 Å². The second-order valence-corrected chi connectivity index (χ2v) is 9.01. The maximum absolute atomic E-state index is 13.1. The Hall–Kier alpha value is -1.25. The van der Waals surface area contributed by atoms with E-state index in [4.69, 9.17) is 4.74 Å². The van der Waals surface area contributed by atoms with E-state index in [0.29, 0.717) is 24.7 Å². The Morgan fingerprint density at radius 3 is 2.54 bits per heavy atom. The summed E-state index contributed by atoms with van der Waals surface area (Å²) in [5.41, 5.74) is 1.68. The fourth-order valence-electron chi connectivity index (χ4n) is 3.05. The summed E-state index contributed by atoms with van der Waals surface area (Å²) < 4.78 is 35.2. The van der Waals surface area contributed by atoms with Gasteiger partial charge in [-0.1, -0.05) is 52.3 Å². The van der Waals surface area contributed by atoms with E-state index in [9.17, 15) is 8.42 Å². The summed E-state index contributed by atoms with van der Waals surface area (Å²) in [6, 6.07) is 14.7. The van der Waals surface area contributed by atoms with Crippen molar-refractivity contribution in [1.29, 1.82) is 0 Å². The van der Waals surface area contributed by atoms with E-state index in [0.717, 1.165) is 28.7 Å². The SMILES string of the molecule is Cc1ccc(Br)cc1S(=O)(=O)N[C@@H](CN1CCOCC1)c1ccccc1. The van der Waals surface area contributed by atoms with Crippen molar-refractivity contribution in [1.82, 2.24) is 9.62 Å². The third-order valence-corrected chi connectivity index (χ3v) is 6.59. The van der Waals surface area contributed by atoms with Crippen LogP contribution in [0.1, 0.15) is 17.2 Å². The van der Waals surface area contributed by atoms with Gasteiger partial charge in [0.1, 0.15) is 0 Å². The predicted octanol–water partition coefficient (Wildman–Crippen LogP) is 3.11. The minimum Gasteiger partial charge on any atom is -0.379 e. The van der Waals surface area contributed by atoms with E-state index in [1.54, 1.807) is 19.1 Å². The molecular weight excluding hydrogens is 416 g/mol. The summed E-state index contributed by atoms with van der Waals surface area (Å²) in [6.45, 7) is 5.39. The standard InChI is InChI=1S/C19H23BrN2O3S/c1-15-7-8-17(20)13-19(15)26(23,24)21-18(16-5-3-2-4-6-16)14-22-9-11-25-12-10-22/h2-8,13,18,21H,9-12,14H2,1H3/t18-/m0/s1. The molecule has 1 N–H and O–H groups in total.